The fraction of sp³-hybridized carbons (Fsp3) is 0. The lowest BCUT2D eigenvalue weighted by Crippen LogP contribution is -2.25. The highest BCUT2D eigenvalue weighted by Crippen LogP contribution is 2.23. The Labute approximate surface area is 76.0 Å². The summed E-state index contributed by atoms with van der Waals surface area (Å²) in [6, 6.07) is 13.8. The molecule has 0 saturated carbocycles. The van der Waals surface area contributed by atoms with Gasteiger partial charge in [-0.3, -0.25) is 0 Å². The molecule has 0 bridgehead atoms. The molecular weight excluding hydrogens is 164 g/mol. The predicted octanol–water partition coefficient (Wildman–Crippen LogP) is 1.60. The second-order valence-corrected chi connectivity index (χ2v) is 2.70. The molecule has 0 amide bonds. The molecular formula is C10H10N2O. The average Bonchev–Trinajstić information content (AvgIpc) is 2.19. The van der Waals surface area contributed by atoms with Crippen molar-refractivity contribution in [2.75, 3.05) is 0 Å². The first-order valence-electron chi connectivity index (χ1n) is 4.02. The summed E-state index contributed by atoms with van der Waals surface area (Å²) in [5.41, 5.74) is 2.18. The van der Waals surface area contributed by atoms with Gasteiger partial charge in [0.1, 0.15) is 0 Å². The fourth-order valence-electron chi connectivity index (χ4n) is 1.35. The van der Waals surface area contributed by atoms with E-state index in [4.69, 9.17) is 10.7 Å². The first-order valence-corrected chi connectivity index (χ1v) is 4.02. The monoisotopic (exact) mass is 174 g/mol. The Balaban J connectivity index is 2.61. The van der Waals surface area contributed by atoms with Crippen LogP contribution in [-0.4, -0.2) is 0 Å². The summed E-state index contributed by atoms with van der Waals surface area (Å²) < 4.78 is 0. The number of nitrogens with one attached hydrogen (secondary N) is 1. The fourth-order valence-corrected chi connectivity index (χ4v) is 1.35. The molecule has 0 fully saturated rings. The number of benzene rings is 2. The van der Waals surface area contributed by atoms with Gasteiger partial charge in [-0.25, -0.2) is 5.84 Å². The quantitative estimate of drug-likeness (QED) is 0.537. The molecule has 0 spiro atoms. The lowest BCUT2D eigenvalue weighted by molar-refractivity contribution is 0.202. The van der Waals surface area contributed by atoms with Gasteiger partial charge in [-0.05, 0) is 11.5 Å². The molecule has 2 aromatic rings. The SMILES string of the molecule is NNOc1cccc2ccccc12. The zero-order valence-electron chi connectivity index (χ0n) is 7.03. The Kier molecular flexibility index (Phi) is 2.12. The number of hydrogen-bond acceptors (Lipinski definition) is 3. The Morgan fingerprint density at radius 2 is 1.77 bits per heavy atom. The lowest BCUT2D eigenvalue weighted by Gasteiger charge is -2.05. The first kappa shape index (κ1) is 8.04. The van der Waals surface area contributed by atoms with E-state index in [1.165, 1.54) is 0 Å². The van der Waals surface area contributed by atoms with Crippen molar-refractivity contribution in [1.82, 2.24) is 5.59 Å². The Hall–Kier alpha value is -1.58. The zero-order valence-corrected chi connectivity index (χ0v) is 7.03. The normalized spacial score (nSPS) is 10.2. The van der Waals surface area contributed by atoms with Gasteiger partial charge in [0.25, 0.3) is 0 Å². The third-order valence-corrected chi connectivity index (χ3v) is 1.92. The van der Waals surface area contributed by atoms with E-state index in [1.807, 2.05) is 42.5 Å². The van der Waals surface area contributed by atoms with Gasteiger partial charge in [0.05, 0.1) is 0 Å². The molecule has 0 heterocycles. The number of nitrogens with two attached hydrogens (primary N) is 1. The molecule has 0 aliphatic heterocycles. The van der Waals surface area contributed by atoms with Crippen molar-refractivity contribution >= 4 is 10.8 Å². The van der Waals surface area contributed by atoms with Crippen LogP contribution in [0.5, 0.6) is 5.75 Å². The van der Waals surface area contributed by atoms with Gasteiger partial charge in [0.2, 0.25) is 0 Å². The summed E-state index contributed by atoms with van der Waals surface area (Å²) >= 11 is 0. The second kappa shape index (κ2) is 3.43. The summed E-state index contributed by atoms with van der Waals surface area (Å²) in [6.07, 6.45) is 0. The van der Waals surface area contributed by atoms with Crippen LogP contribution in [0, 0.1) is 0 Å². The molecule has 3 N–H and O–H groups in total. The summed E-state index contributed by atoms with van der Waals surface area (Å²) in [5, 5.41) is 2.18. The van der Waals surface area contributed by atoms with Crippen LogP contribution in [-0.2, 0) is 0 Å². The highest BCUT2D eigenvalue weighted by atomic mass is 16.7. The van der Waals surface area contributed by atoms with Gasteiger partial charge in [0, 0.05) is 5.39 Å². The maximum absolute atomic E-state index is 5.08. The van der Waals surface area contributed by atoms with Crippen molar-refractivity contribution in [3.05, 3.63) is 42.5 Å². The minimum Gasteiger partial charge on any atom is -0.393 e. The molecule has 66 valence electrons. The summed E-state index contributed by atoms with van der Waals surface area (Å²) in [7, 11) is 0. The Bertz CT molecular complexity index is 409. The second-order valence-electron chi connectivity index (χ2n) is 2.70. The Morgan fingerprint density at radius 3 is 2.62 bits per heavy atom. The van der Waals surface area contributed by atoms with Crippen molar-refractivity contribution in [3.8, 4) is 5.75 Å². The van der Waals surface area contributed by atoms with Crippen molar-refractivity contribution in [2.45, 2.75) is 0 Å². The molecule has 3 nitrogen and oxygen atoms in total. The summed E-state index contributed by atoms with van der Waals surface area (Å²) in [5.74, 6) is 5.82. The van der Waals surface area contributed by atoms with Gasteiger partial charge in [-0.2, -0.15) is 0 Å². The van der Waals surface area contributed by atoms with Crippen LogP contribution in [0.2, 0.25) is 0 Å². The van der Waals surface area contributed by atoms with Gasteiger partial charge in [0.15, 0.2) is 5.75 Å². The van der Waals surface area contributed by atoms with Crippen LogP contribution in [0.1, 0.15) is 0 Å². The van der Waals surface area contributed by atoms with Crippen molar-refractivity contribution in [2.24, 2.45) is 5.84 Å². The number of hydrogen-bond donors (Lipinski definition) is 2. The highest BCUT2D eigenvalue weighted by molar-refractivity contribution is 5.88. The highest BCUT2D eigenvalue weighted by Gasteiger charge is 1.99. The van der Waals surface area contributed by atoms with Gasteiger partial charge >= 0.3 is 0 Å². The van der Waals surface area contributed by atoms with E-state index in [0.717, 1.165) is 16.5 Å². The van der Waals surface area contributed by atoms with Crippen molar-refractivity contribution in [3.63, 3.8) is 0 Å². The van der Waals surface area contributed by atoms with E-state index in [1.54, 1.807) is 0 Å². The van der Waals surface area contributed by atoms with Gasteiger partial charge in [-0.1, -0.05) is 42.0 Å². The van der Waals surface area contributed by atoms with Crippen LogP contribution in [0.15, 0.2) is 42.5 Å². The lowest BCUT2D eigenvalue weighted by atomic mass is 10.1. The minimum absolute atomic E-state index is 0.737. The first-order chi connectivity index (χ1) is 6.42. The predicted molar refractivity (Wildman–Crippen MR) is 51.9 cm³/mol. The van der Waals surface area contributed by atoms with E-state index in [0.29, 0.717) is 0 Å². The number of fused-ring (bicyclic) bond motifs is 1. The maximum atomic E-state index is 5.08. The third-order valence-electron chi connectivity index (χ3n) is 1.92. The van der Waals surface area contributed by atoms with Crippen LogP contribution in [0.4, 0.5) is 0 Å². The molecule has 0 unspecified atom stereocenters. The van der Waals surface area contributed by atoms with Crippen LogP contribution >= 0.6 is 0 Å². The largest absolute Gasteiger partial charge is 0.393 e. The van der Waals surface area contributed by atoms with E-state index in [-0.39, 0.29) is 0 Å². The molecule has 13 heavy (non-hydrogen) atoms. The zero-order chi connectivity index (χ0) is 9.10. The molecule has 2 aromatic carbocycles. The van der Waals surface area contributed by atoms with E-state index >= 15 is 0 Å². The van der Waals surface area contributed by atoms with E-state index in [9.17, 15) is 0 Å². The van der Waals surface area contributed by atoms with E-state index in [2.05, 4.69) is 5.59 Å². The Morgan fingerprint density at radius 1 is 1.00 bits per heavy atom. The standard InChI is InChI=1S/C10H10N2O/c11-12-13-10-7-3-5-8-4-1-2-6-9(8)10/h1-7,12H,11H2. The van der Waals surface area contributed by atoms with Crippen LogP contribution < -0.4 is 16.3 Å². The van der Waals surface area contributed by atoms with Crippen molar-refractivity contribution in [1.29, 1.82) is 0 Å². The van der Waals surface area contributed by atoms with Crippen LogP contribution in [0.3, 0.4) is 0 Å². The third kappa shape index (κ3) is 1.47. The van der Waals surface area contributed by atoms with Crippen LogP contribution in [0.25, 0.3) is 10.8 Å². The molecule has 0 radical (unpaired) electrons. The summed E-state index contributed by atoms with van der Waals surface area (Å²) in [6.45, 7) is 0. The average molecular weight is 174 g/mol. The minimum atomic E-state index is 0.737. The molecule has 0 atom stereocenters. The topological polar surface area (TPSA) is 47.3 Å². The molecule has 2 rings (SSSR count). The van der Waals surface area contributed by atoms with E-state index < -0.39 is 0 Å². The van der Waals surface area contributed by atoms with Gasteiger partial charge < -0.3 is 4.84 Å². The smallest absolute Gasteiger partial charge is 0.156 e. The van der Waals surface area contributed by atoms with Gasteiger partial charge in [-0.15, -0.1) is 0 Å². The summed E-state index contributed by atoms with van der Waals surface area (Å²) in [4.78, 5) is 5.05. The molecule has 0 aliphatic carbocycles. The maximum Gasteiger partial charge on any atom is 0.156 e. The number of rotatable bonds is 2. The molecule has 3 heteroatoms. The molecule has 0 aromatic heterocycles. The number of hydrazine groups is 1. The molecule has 0 aliphatic rings. The van der Waals surface area contributed by atoms with Crippen molar-refractivity contribution < 1.29 is 4.84 Å². The molecule has 0 saturated heterocycles.